The van der Waals surface area contributed by atoms with Gasteiger partial charge in [0.1, 0.15) is 6.61 Å². The molecule has 4 nitrogen and oxygen atoms in total. The summed E-state index contributed by atoms with van der Waals surface area (Å²) in [5.41, 5.74) is 2.64. The van der Waals surface area contributed by atoms with Crippen molar-refractivity contribution >= 4 is 11.6 Å². The summed E-state index contributed by atoms with van der Waals surface area (Å²) in [5.74, 6) is -0.440. The lowest BCUT2D eigenvalue weighted by Gasteiger charge is -2.15. The summed E-state index contributed by atoms with van der Waals surface area (Å²) in [7, 11) is 0. The maximum Gasteiger partial charge on any atom is 0.224 e. The van der Waals surface area contributed by atoms with Crippen molar-refractivity contribution in [2.75, 3.05) is 5.32 Å². The first-order chi connectivity index (χ1) is 11.0. The van der Waals surface area contributed by atoms with E-state index in [9.17, 15) is 14.3 Å². The van der Waals surface area contributed by atoms with Crippen LogP contribution in [0.25, 0.3) is 0 Å². The van der Waals surface area contributed by atoms with Gasteiger partial charge in [-0.25, -0.2) is 4.39 Å². The number of aliphatic hydroxyl groups excluding tert-OH is 1. The fourth-order valence-corrected chi connectivity index (χ4v) is 2.18. The van der Waals surface area contributed by atoms with Crippen molar-refractivity contribution in [3.63, 3.8) is 0 Å². The molecule has 23 heavy (non-hydrogen) atoms. The number of halogens is 1. The predicted octanol–water partition coefficient (Wildman–Crippen LogP) is 3.55. The Morgan fingerprint density at radius 2 is 2.09 bits per heavy atom. The van der Waals surface area contributed by atoms with Crippen LogP contribution in [-0.4, -0.2) is 11.0 Å². The third kappa shape index (κ3) is 4.29. The average molecular weight is 317 g/mol. The average Bonchev–Trinajstić information content (AvgIpc) is 2.54. The van der Waals surface area contributed by atoms with Crippen molar-refractivity contribution in [2.45, 2.75) is 33.5 Å². The van der Waals surface area contributed by atoms with Gasteiger partial charge in [-0.15, -0.1) is 0 Å². The molecular weight excluding hydrogens is 297 g/mol. The largest absolute Gasteiger partial charge is 0.486 e. The van der Waals surface area contributed by atoms with Crippen LogP contribution >= 0.6 is 0 Å². The van der Waals surface area contributed by atoms with Crippen molar-refractivity contribution in [2.24, 2.45) is 0 Å². The second kappa shape index (κ2) is 7.74. The highest BCUT2D eigenvalue weighted by atomic mass is 19.1. The lowest BCUT2D eigenvalue weighted by Crippen LogP contribution is -2.13. The Bertz CT molecular complexity index is 701. The number of hydrogen-bond donors (Lipinski definition) is 2. The van der Waals surface area contributed by atoms with Gasteiger partial charge in [-0.05, 0) is 36.2 Å². The molecule has 0 aromatic heterocycles. The molecule has 0 aliphatic carbocycles. The highest BCUT2D eigenvalue weighted by Crippen LogP contribution is 2.25. The van der Waals surface area contributed by atoms with Crippen LogP contribution in [-0.2, 0) is 18.0 Å². The van der Waals surface area contributed by atoms with E-state index in [1.54, 1.807) is 44.2 Å². The summed E-state index contributed by atoms with van der Waals surface area (Å²) in [6.07, 6.45) is 0.343. The topological polar surface area (TPSA) is 58.6 Å². The second-order valence-electron chi connectivity index (χ2n) is 5.23. The standard InChI is InChI=1S/C18H20FNO3/c1-3-18(22)20-16-6-4-5-13(10-21)14(16)11-23-17-8-7-12(2)9-15(17)19/h4-9,21H,3,10-11H2,1-2H3,(H,20,22). The molecule has 0 spiro atoms. The third-order valence-corrected chi connectivity index (χ3v) is 3.50. The molecule has 0 aliphatic rings. The molecule has 2 aromatic carbocycles. The summed E-state index contributed by atoms with van der Waals surface area (Å²) in [4.78, 5) is 11.6. The molecule has 1 amide bonds. The first-order valence-electron chi connectivity index (χ1n) is 7.45. The smallest absolute Gasteiger partial charge is 0.224 e. The van der Waals surface area contributed by atoms with E-state index in [-0.39, 0.29) is 24.9 Å². The molecule has 122 valence electrons. The Kier molecular flexibility index (Phi) is 5.71. The normalized spacial score (nSPS) is 10.4. The lowest BCUT2D eigenvalue weighted by atomic mass is 10.1. The molecule has 0 radical (unpaired) electrons. The highest BCUT2D eigenvalue weighted by molar-refractivity contribution is 5.91. The lowest BCUT2D eigenvalue weighted by molar-refractivity contribution is -0.115. The minimum absolute atomic E-state index is 0.0516. The summed E-state index contributed by atoms with van der Waals surface area (Å²) in [6, 6.07) is 9.94. The summed E-state index contributed by atoms with van der Waals surface area (Å²) in [6.45, 7) is 3.41. The van der Waals surface area contributed by atoms with E-state index in [0.29, 0.717) is 23.2 Å². The number of carbonyl (C=O) groups is 1. The van der Waals surface area contributed by atoms with Crippen LogP contribution in [0.4, 0.5) is 10.1 Å². The Morgan fingerprint density at radius 1 is 1.30 bits per heavy atom. The minimum atomic E-state index is -0.439. The van der Waals surface area contributed by atoms with Crippen LogP contribution in [0.1, 0.15) is 30.0 Å². The fourth-order valence-electron chi connectivity index (χ4n) is 2.18. The van der Waals surface area contributed by atoms with Gasteiger partial charge in [0.15, 0.2) is 11.6 Å². The van der Waals surface area contributed by atoms with Gasteiger partial charge in [-0.2, -0.15) is 0 Å². The predicted molar refractivity (Wildman–Crippen MR) is 86.8 cm³/mol. The number of aliphatic hydroxyl groups is 1. The molecule has 0 aliphatic heterocycles. The number of hydrogen-bond acceptors (Lipinski definition) is 3. The van der Waals surface area contributed by atoms with Crippen LogP contribution in [0.5, 0.6) is 5.75 Å². The van der Waals surface area contributed by atoms with Crippen LogP contribution in [0, 0.1) is 12.7 Å². The number of carbonyl (C=O) groups excluding carboxylic acids is 1. The van der Waals surface area contributed by atoms with E-state index in [0.717, 1.165) is 5.56 Å². The summed E-state index contributed by atoms with van der Waals surface area (Å²) < 4.78 is 19.4. The van der Waals surface area contributed by atoms with Crippen molar-refractivity contribution in [3.8, 4) is 5.75 Å². The molecule has 0 unspecified atom stereocenters. The quantitative estimate of drug-likeness (QED) is 0.856. The van der Waals surface area contributed by atoms with E-state index in [4.69, 9.17) is 4.74 Å². The van der Waals surface area contributed by atoms with Crippen molar-refractivity contribution in [1.82, 2.24) is 0 Å². The zero-order valence-corrected chi connectivity index (χ0v) is 13.2. The van der Waals surface area contributed by atoms with Gasteiger partial charge < -0.3 is 15.2 Å². The van der Waals surface area contributed by atoms with Gasteiger partial charge in [0.05, 0.1) is 6.61 Å². The van der Waals surface area contributed by atoms with Gasteiger partial charge in [-0.1, -0.05) is 25.1 Å². The van der Waals surface area contributed by atoms with E-state index in [1.807, 2.05) is 0 Å². The maximum atomic E-state index is 13.9. The number of rotatable bonds is 6. The van der Waals surface area contributed by atoms with Crippen molar-refractivity contribution in [1.29, 1.82) is 0 Å². The minimum Gasteiger partial charge on any atom is -0.486 e. The molecule has 5 heteroatoms. The number of nitrogens with one attached hydrogen (secondary N) is 1. The summed E-state index contributed by atoms with van der Waals surface area (Å²) >= 11 is 0. The Hall–Kier alpha value is -2.40. The van der Waals surface area contributed by atoms with E-state index in [1.165, 1.54) is 6.07 Å². The highest BCUT2D eigenvalue weighted by Gasteiger charge is 2.12. The molecule has 0 atom stereocenters. The molecule has 0 bridgehead atoms. The van der Waals surface area contributed by atoms with Gasteiger partial charge in [-0.3, -0.25) is 4.79 Å². The van der Waals surface area contributed by atoms with Gasteiger partial charge in [0.2, 0.25) is 5.91 Å². The monoisotopic (exact) mass is 317 g/mol. The first-order valence-corrected chi connectivity index (χ1v) is 7.45. The first kappa shape index (κ1) is 17.0. The van der Waals surface area contributed by atoms with Gasteiger partial charge in [0, 0.05) is 17.7 Å². The Morgan fingerprint density at radius 3 is 2.74 bits per heavy atom. The Labute approximate surface area is 134 Å². The second-order valence-corrected chi connectivity index (χ2v) is 5.23. The molecule has 2 aromatic rings. The van der Waals surface area contributed by atoms with Gasteiger partial charge >= 0.3 is 0 Å². The third-order valence-electron chi connectivity index (χ3n) is 3.50. The SMILES string of the molecule is CCC(=O)Nc1cccc(CO)c1COc1ccc(C)cc1F. The molecule has 2 N–H and O–H groups in total. The van der Waals surface area contributed by atoms with Gasteiger partial charge in [0.25, 0.3) is 0 Å². The van der Waals surface area contributed by atoms with E-state index in [2.05, 4.69) is 5.32 Å². The number of ether oxygens (including phenoxy) is 1. The number of aryl methyl sites for hydroxylation is 1. The van der Waals surface area contributed by atoms with Crippen molar-refractivity contribution in [3.05, 3.63) is 58.9 Å². The molecule has 0 saturated heterocycles. The van der Waals surface area contributed by atoms with E-state index >= 15 is 0 Å². The van der Waals surface area contributed by atoms with Crippen LogP contribution in [0.15, 0.2) is 36.4 Å². The Balaban J connectivity index is 2.24. The molecule has 2 rings (SSSR count). The molecule has 0 heterocycles. The van der Waals surface area contributed by atoms with Crippen LogP contribution in [0.2, 0.25) is 0 Å². The fraction of sp³-hybridized carbons (Fsp3) is 0.278. The number of anilines is 1. The number of benzene rings is 2. The maximum absolute atomic E-state index is 13.9. The molecular formula is C18H20FNO3. The zero-order chi connectivity index (χ0) is 16.8. The van der Waals surface area contributed by atoms with E-state index < -0.39 is 5.82 Å². The molecule has 0 fully saturated rings. The summed E-state index contributed by atoms with van der Waals surface area (Å²) in [5, 5.41) is 12.3. The number of amides is 1. The van der Waals surface area contributed by atoms with Crippen LogP contribution < -0.4 is 10.1 Å². The zero-order valence-electron chi connectivity index (χ0n) is 13.2. The van der Waals surface area contributed by atoms with Crippen LogP contribution in [0.3, 0.4) is 0 Å². The molecule has 0 saturated carbocycles. The van der Waals surface area contributed by atoms with Crippen molar-refractivity contribution < 1.29 is 19.0 Å².